The molecule has 0 bridgehead atoms. The molecule has 2 fully saturated rings. The Hall–Kier alpha value is -0.0800. The van der Waals surface area contributed by atoms with Crippen LogP contribution in [0.1, 0.15) is 51.4 Å². The molecule has 0 aromatic heterocycles. The van der Waals surface area contributed by atoms with Gasteiger partial charge in [-0.05, 0) is 31.6 Å². The van der Waals surface area contributed by atoms with Crippen molar-refractivity contribution in [3.05, 3.63) is 0 Å². The van der Waals surface area contributed by atoms with Gasteiger partial charge in [-0.3, -0.25) is 0 Å². The summed E-state index contributed by atoms with van der Waals surface area (Å²) in [6, 6.07) is 0. The average Bonchev–Trinajstić information content (AvgIpc) is 2.89. The van der Waals surface area contributed by atoms with Gasteiger partial charge in [-0.25, -0.2) is 0 Å². The maximum atomic E-state index is 10.4. The van der Waals surface area contributed by atoms with Crippen molar-refractivity contribution < 1.29 is 9.84 Å². The summed E-state index contributed by atoms with van der Waals surface area (Å²) in [5.74, 6) is 0.507. The maximum absolute atomic E-state index is 10.4. The lowest BCUT2D eigenvalue weighted by Crippen LogP contribution is -2.45. The number of hydrogen-bond acceptors (Lipinski definition) is 2. The lowest BCUT2D eigenvalue weighted by molar-refractivity contribution is -0.119. The molecule has 0 aromatic carbocycles. The van der Waals surface area contributed by atoms with Crippen molar-refractivity contribution in [1.29, 1.82) is 0 Å². The molecule has 14 heavy (non-hydrogen) atoms. The molecule has 82 valence electrons. The van der Waals surface area contributed by atoms with Crippen molar-refractivity contribution in [3.8, 4) is 0 Å². The van der Waals surface area contributed by atoms with Gasteiger partial charge in [0, 0.05) is 7.11 Å². The lowest BCUT2D eigenvalue weighted by Gasteiger charge is -2.36. The molecule has 0 heterocycles. The second-order valence-corrected chi connectivity index (χ2v) is 4.97. The number of hydrogen-bond donors (Lipinski definition) is 1. The second-order valence-electron chi connectivity index (χ2n) is 4.97. The van der Waals surface area contributed by atoms with Crippen LogP contribution >= 0.6 is 0 Å². The molecule has 0 aliphatic heterocycles. The van der Waals surface area contributed by atoms with Gasteiger partial charge in [0.15, 0.2) is 0 Å². The van der Waals surface area contributed by atoms with Gasteiger partial charge in [-0.1, -0.05) is 25.7 Å². The summed E-state index contributed by atoms with van der Waals surface area (Å²) in [7, 11) is 1.77. The normalized spacial score (nSPS) is 29.6. The van der Waals surface area contributed by atoms with Crippen molar-refractivity contribution in [2.45, 2.75) is 63.1 Å². The fraction of sp³-hybridized carbons (Fsp3) is 1.00. The number of rotatable bonds is 3. The summed E-state index contributed by atoms with van der Waals surface area (Å²) < 4.78 is 5.62. The van der Waals surface area contributed by atoms with E-state index >= 15 is 0 Å². The van der Waals surface area contributed by atoms with Crippen molar-refractivity contribution in [1.82, 2.24) is 0 Å². The van der Waals surface area contributed by atoms with Crippen LogP contribution in [-0.2, 0) is 4.74 Å². The molecule has 0 radical (unpaired) electrons. The standard InChI is InChI=1S/C12H22O2/c1-14-12(8-4-5-9-12)11(13)10-6-2-3-7-10/h10-11,13H,2-9H2,1H3. The fourth-order valence-electron chi connectivity index (χ4n) is 3.30. The van der Waals surface area contributed by atoms with Crippen LogP contribution in [0.4, 0.5) is 0 Å². The van der Waals surface area contributed by atoms with Crippen molar-refractivity contribution in [3.63, 3.8) is 0 Å². The molecular weight excluding hydrogens is 176 g/mol. The van der Waals surface area contributed by atoms with E-state index in [4.69, 9.17) is 4.74 Å². The molecule has 1 unspecified atom stereocenters. The van der Waals surface area contributed by atoms with E-state index in [9.17, 15) is 5.11 Å². The van der Waals surface area contributed by atoms with Gasteiger partial charge in [0.25, 0.3) is 0 Å². The predicted octanol–water partition coefficient (Wildman–Crippen LogP) is 2.50. The summed E-state index contributed by atoms with van der Waals surface area (Å²) in [4.78, 5) is 0. The zero-order valence-electron chi connectivity index (χ0n) is 9.17. The highest BCUT2D eigenvalue weighted by Crippen LogP contribution is 2.42. The zero-order chi connectivity index (χ0) is 10.0. The molecular formula is C12H22O2. The highest BCUT2D eigenvalue weighted by atomic mass is 16.5. The number of aliphatic hydroxyl groups excluding tert-OH is 1. The first-order valence-electron chi connectivity index (χ1n) is 6.02. The Kier molecular flexibility index (Phi) is 3.13. The van der Waals surface area contributed by atoms with E-state index in [0.717, 1.165) is 12.8 Å². The lowest BCUT2D eigenvalue weighted by atomic mass is 9.84. The third kappa shape index (κ3) is 1.70. The van der Waals surface area contributed by atoms with Gasteiger partial charge < -0.3 is 9.84 Å². The largest absolute Gasteiger partial charge is 0.390 e. The molecule has 2 rings (SSSR count). The Morgan fingerprint density at radius 3 is 2.21 bits per heavy atom. The molecule has 0 spiro atoms. The van der Waals surface area contributed by atoms with Crippen LogP contribution in [0.15, 0.2) is 0 Å². The van der Waals surface area contributed by atoms with Crippen LogP contribution in [0.3, 0.4) is 0 Å². The molecule has 1 N–H and O–H groups in total. The molecule has 2 nitrogen and oxygen atoms in total. The van der Waals surface area contributed by atoms with Crippen molar-refractivity contribution in [2.75, 3.05) is 7.11 Å². The summed E-state index contributed by atoms with van der Waals surface area (Å²) in [6.45, 7) is 0. The number of methoxy groups -OCH3 is 1. The summed E-state index contributed by atoms with van der Waals surface area (Å²) in [6.07, 6.45) is 9.33. The second kappa shape index (κ2) is 4.19. The molecule has 2 heteroatoms. The van der Waals surface area contributed by atoms with E-state index in [-0.39, 0.29) is 11.7 Å². The fourth-order valence-corrected chi connectivity index (χ4v) is 3.30. The van der Waals surface area contributed by atoms with E-state index in [1.54, 1.807) is 7.11 Å². The molecule has 1 atom stereocenters. The predicted molar refractivity (Wildman–Crippen MR) is 56.2 cm³/mol. The molecule has 2 aliphatic carbocycles. The first kappa shape index (κ1) is 10.4. The molecule has 0 saturated heterocycles. The molecule has 0 aromatic rings. The van der Waals surface area contributed by atoms with Gasteiger partial charge in [-0.2, -0.15) is 0 Å². The minimum Gasteiger partial charge on any atom is -0.390 e. The van der Waals surface area contributed by atoms with Crippen molar-refractivity contribution in [2.24, 2.45) is 5.92 Å². The molecule has 2 aliphatic rings. The van der Waals surface area contributed by atoms with E-state index in [1.807, 2.05) is 0 Å². The third-order valence-electron chi connectivity index (χ3n) is 4.24. The van der Waals surface area contributed by atoms with Crippen molar-refractivity contribution >= 4 is 0 Å². The summed E-state index contributed by atoms with van der Waals surface area (Å²) in [5, 5.41) is 10.4. The van der Waals surface area contributed by atoms with Crippen LogP contribution in [0.25, 0.3) is 0 Å². The summed E-state index contributed by atoms with van der Waals surface area (Å²) in [5.41, 5.74) is -0.186. The first-order valence-corrected chi connectivity index (χ1v) is 6.02. The minimum atomic E-state index is -0.211. The Labute approximate surface area is 86.6 Å². The van der Waals surface area contributed by atoms with E-state index < -0.39 is 0 Å². The topological polar surface area (TPSA) is 29.5 Å². The van der Waals surface area contributed by atoms with E-state index in [2.05, 4.69) is 0 Å². The molecule has 0 amide bonds. The monoisotopic (exact) mass is 198 g/mol. The van der Waals surface area contributed by atoms with Gasteiger partial charge >= 0.3 is 0 Å². The van der Waals surface area contributed by atoms with Crippen LogP contribution in [0.5, 0.6) is 0 Å². The average molecular weight is 198 g/mol. The quantitative estimate of drug-likeness (QED) is 0.755. The Balaban J connectivity index is 2.02. The van der Waals surface area contributed by atoms with Crippen LogP contribution in [0.2, 0.25) is 0 Å². The Morgan fingerprint density at radius 1 is 1.14 bits per heavy atom. The third-order valence-corrected chi connectivity index (χ3v) is 4.24. The van der Waals surface area contributed by atoms with Crippen LogP contribution in [0, 0.1) is 5.92 Å². The Morgan fingerprint density at radius 2 is 1.71 bits per heavy atom. The van der Waals surface area contributed by atoms with E-state index in [0.29, 0.717) is 5.92 Å². The highest BCUT2D eigenvalue weighted by molar-refractivity contribution is 4.96. The van der Waals surface area contributed by atoms with Gasteiger partial charge in [-0.15, -0.1) is 0 Å². The maximum Gasteiger partial charge on any atom is 0.0939 e. The summed E-state index contributed by atoms with van der Waals surface area (Å²) >= 11 is 0. The molecule has 2 saturated carbocycles. The number of aliphatic hydroxyl groups is 1. The number of ether oxygens (including phenoxy) is 1. The smallest absolute Gasteiger partial charge is 0.0939 e. The van der Waals surface area contributed by atoms with E-state index in [1.165, 1.54) is 38.5 Å². The van der Waals surface area contributed by atoms with Crippen LogP contribution < -0.4 is 0 Å². The zero-order valence-corrected chi connectivity index (χ0v) is 9.17. The highest BCUT2D eigenvalue weighted by Gasteiger charge is 2.44. The SMILES string of the molecule is COC1(C(O)C2CCCC2)CCCC1. The first-order chi connectivity index (χ1) is 6.78. The van der Waals surface area contributed by atoms with Crippen LogP contribution in [-0.4, -0.2) is 23.9 Å². The van der Waals surface area contributed by atoms with Gasteiger partial charge in [0.1, 0.15) is 0 Å². The van der Waals surface area contributed by atoms with Gasteiger partial charge in [0.2, 0.25) is 0 Å². The van der Waals surface area contributed by atoms with Gasteiger partial charge in [0.05, 0.1) is 11.7 Å². The minimum absolute atomic E-state index is 0.186. The Bertz CT molecular complexity index is 179.